The molecule has 0 aliphatic carbocycles. The Morgan fingerprint density at radius 1 is 1.26 bits per heavy atom. The van der Waals surface area contributed by atoms with Crippen LogP contribution < -0.4 is 0 Å². The Bertz CT molecular complexity index is 658. The predicted octanol–water partition coefficient (Wildman–Crippen LogP) is -1.23. The maximum Gasteiger partial charge on any atom is 0.365 e. The van der Waals surface area contributed by atoms with E-state index in [1.54, 1.807) is 0 Å². The van der Waals surface area contributed by atoms with Gasteiger partial charge in [-0.1, -0.05) is 0 Å². The second-order valence-corrected chi connectivity index (χ2v) is 5.40. The first kappa shape index (κ1) is 17.1. The Hall–Kier alpha value is -2.30. The first-order valence-corrected chi connectivity index (χ1v) is 7.21. The van der Waals surface area contributed by atoms with Crippen LogP contribution in [0.1, 0.15) is 0 Å². The molecule has 0 N–H and O–H groups in total. The van der Waals surface area contributed by atoms with Crippen LogP contribution >= 0.6 is 15.9 Å². The third-order valence-electron chi connectivity index (χ3n) is 3.40. The number of nitrogens with zero attached hydrogens (tertiary/aromatic N) is 4. The van der Waals surface area contributed by atoms with Crippen LogP contribution in [0, 0.1) is 0 Å². The van der Waals surface area contributed by atoms with E-state index in [-0.39, 0.29) is 17.1 Å². The molecule has 23 heavy (non-hydrogen) atoms. The van der Waals surface area contributed by atoms with Crippen LogP contribution in [0.25, 0.3) is 0 Å². The Kier molecular flexibility index (Phi) is 4.78. The first-order valence-electron chi connectivity index (χ1n) is 6.42. The lowest BCUT2D eigenvalue weighted by atomic mass is 10.1. The number of imide groups is 1. The van der Waals surface area contributed by atoms with Gasteiger partial charge in [0, 0.05) is 7.05 Å². The smallest absolute Gasteiger partial charge is 0.365 e. The van der Waals surface area contributed by atoms with Gasteiger partial charge in [-0.15, -0.1) is 0 Å². The SMILES string of the molecule is COC(=O)CN1C(=O)C2C(=NC(Br)=[N+]2CC(=O)OC)N(C)C1=O. The first-order chi connectivity index (χ1) is 10.8. The van der Waals surface area contributed by atoms with Gasteiger partial charge in [0.05, 0.1) is 30.1 Å². The van der Waals surface area contributed by atoms with Crippen LogP contribution in [0.2, 0.25) is 0 Å². The number of urea groups is 1. The molecule has 2 aliphatic heterocycles. The Labute approximate surface area is 139 Å². The van der Waals surface area contributed by atoms with Crippen molar-refractivity contribution in [3.8, 4) is 0 Å². The van der Waals surface area contributed by atoms with Crippen molar-refractivity contribution in [3.05, 3.63) is 0 Å². The number of hydrogen-bond donors (Lipinski definition) is 0. The van der Waals surface area contributed by atoms with Crippen LogP contribution in [-0.4, -0.2) is 89.2 Å². The minimum Gasteiger partial charge on any atom is -0.468 e. The van der Waals surface area contributed by atoms with Crippen molar-refractivity contribution >= 4 is 50.4 Å². The van der Waals surface area contributed by atoms with Crippen molar-refractivity contribution in [1.82, 2.24) is 9.80 Å². The number of fused-ring (bicyclic) bond motifs is 1. The number of esters is 2. The Morgan fingerprint density at radius 3 is 2.43 bits per heavy atom. The monoisotopic (exact) mass is 389 g/mol. The third kappa shape index (κ3) is 2.96. The second kappa shape index (κ2) is 6.44. The maximum absolute atomic E-state index is 12.6. The predicted molar refractivity (Wildman–Crippen MR) is 79.2 cm³/mol. The van der Waals surface area contributed by atoms with E-state index in [0.29, 0.717) is 0 Å². The van der Waals surface area contributed by atoms with Gasteiger partial charge < -0.3 is 9.47 Å². The molecule has 0 saturated carbocycles. The number of aliphatic imine (C=N–C) groups is 1. The fraction of sp³-hybridized carbons (Fsp3) is 0.500. The topological polar surface area (TPSA) is 109 Å². The van der Waals surface area contributed by atoms with Gasteiger partial charge in [0.1, 0.15) is 6.54 Å². The van der Waals surface area contributed by atoms with Crippen molar-refractivity contribution in [2.75, 3.05) is 34.4 Å². The van der Waals surface area contributed by atoms with E-state index in [0.717, 1.165) is 16.9 Å². The summed E-state index contributed by atoms with van der Waals surface area (Å²) in [6, 6.07) is -1.70. The molecule has 0 aromatic carbocycles. The van der Waals surface area contributed by atoms with Crippen molar-refractivity contribution in [3.63, 3.8) is 0 Å². The Balaban J connectivity index is 2.35. The zero-order valence-electron chi connectivity index (χ0n) is 12.6. The fourth-order valence-corrected chi connectivity index (χ4v) is 2.70. The lowest BCUT2D eigenvalue weighted by molar-refractivity contribution is -0.523. The molecule has 3 amide bonds. The number of hydrogen-bond acceptors (Lipinski definition) is 7. The van der Waals surface area contributed by atoms with Crippen LogP contribution in [-0.2, 0) is 23.9 Å². The normalized spacial score (nSPS) is 20.5. The molecule has 0 aromatic rings. The lowest BCUT2D eigenvalue weighted by Gasteiger charge is -2.32. The largest absolute Gasteiger partial charge is 0.468 e. The molecule has 1 saturated heterocycles. The molecular formula is C12H14BrN4O6+. The van der Waals surface area contributed by atoms with Crippen molar-refractivity contribution in [1.29, 1.82) is 0 Å². The van der Waals surface area contributed by atoms with Gasteiger partial charge >= 0.3 is 22.7 Å². The standard InChI is InChI=1S/C12H14BrN4O6/c1-15-9-8(16(11(13)14-9)4-6(18)22-2)10(20)17(12(15)21)5-7(19)23-3/h8H,4-5H2,1-3H3/q+1. The Morgan fingerprint density at radius 2 is 1.87 bits per heavy atom. The van der Waals surface area contributed by atoms with E-state index in [2.05, 4.69) is 30.4 Å². The fourth-order valence-electron chi connectivity index (χ4n) is 2.19. The number of rotatable bonds is 4. The third-order valence-corrected chi connectivity index (χ3v) is 4.04. The molecular weight excluding hydrogens is 376 g/mol. The highest BCUT2D eigenvalue weighted by atomic mass is 79.9. The summed E-state index contributed by atoms with van der Waals surface area (Å²) in [5, 5.41) is 0. The number of carbonyl (C=O) groups excluding carboxylic acids is 4. The molecule has 1 atom stereocenters. The summed E-state index contributed by atoms with van der Waals surface area (Å²) >= 11 is 3.16. The lowest BCUT2D eigenvalue weighted by Crippen LogP contribution is -2.63. The number of ether oxygens (including phenoxy) is 2. The molecule has 0 aromatic heterocycles. The number of amidine groups is 2. The van der Waals surface area contributed by atoms with Crippen molar-refractivity contribution in [2.24, 2.45) is 4.99 Å². The maximum atomic E-state index is 12.6. The van der Waals surface area contributed by atoms with E-state index in [4.69, 9.17) is 0 Å². The molecule has 10 nitrogen and oxygen atoms in total. The highest BCUT2D eigenvalue weighted by molar-refractivity contribution is 9.18. The van der Waals surface area contributed by atoms with Crippen LogP contribution in [0.5, 0.6) is 0 Å². The average Bonchev–Trinajstić information content (AvgIpc) is 2.86. The number of carbonyl (C=O) groups is 4. The van der Waals surface area contributed by atoms with Gasteiger partial charge in [-0.2, -0.15) is 0 Å². The average molecular weight is 390 g/mol. The number of methoxy groups -OCH3 is 2. The summed E-state index contributed by atoms with van der Waals surface area (Å²) in [5.74, 6) is -1.82. The number of amides is 3. The summed E-state index contributed by atoms with van der Waals surface area (Å²) in [6.07, 6.45) is 0. The summed E-state index contributed by atoms with van der Waals surface area (Å²) in [4.78, 5) is 53.8. The zero-order chi connectivity index (χ0) is 17.3. The van der Waals surface area contributed by atoms with E-state index in [1.165, 1.54) is 18.7 Å². The molecule has 1 fully saturated rings. The summed E-state index contributed by atoms with van der Waals surface area (Å²) < 4.78 is 10.6. The van der Waals surface area contributed by atoms with Crippen molar-refractivity contribution in [2.45, 2.75) is 6.04 Å². The molecule has 0 radical (unpaired) electrons. The second-order valence-electron chi connectivity index (χ2n) is 4.69. The number of halogens is 1. The van der Waals surface area contributed by atoms with E-state index in [9.17, 15) is 19.2 Å². The summed E-state index contributed by atoms with van der Waals surface area (Å²) in [5.41, 5.74) is 0. The molecule has 124 valence electrons. The number of likely N-dealkylation sites (N-methyl/N-ethyl adjacent to an activating group) is 1. The van der Waals surface area contributed by atoms with Gasteiger partial charge in [-0.05, 0) is 4.99 Å². The van der Waals surface area contributed by atoms with Gasteiger partial charge in [0.25, 0.3) is 17.8 Å². The van der Waals surface area contributed by atoms with Crippen LogP contribution in [0.3, 0.4) is 0 Å². The highest BCUT2D eigenvalue weighted by Crippen LogP contribution is 2.21. The summed E-state index contributed by atoms with van der Waals surface area (Å²) in [6.45, 7) is -0.763. The van der Waals surface area contributed by atoms with E-state index < -0.39 is 36.5 Å². The van der Waals surface area contributed by atoms with E-state index in [1.807, 2.05) is 0 Å². The highest BCUT2D eigenvalue weighted by Gasteiger charge is 2.54. The van der Waals surface area contributed by atoms with Gasteiger partial charge in [-0.25, -0.2) is 19.1 Å². The minimum absolute atomic E-state index is 0.164. The zero-order valence-corrected chi connectivity index (χ0v) is 14.2. The molecule has 2 aliphatic rings. The van der Waals surface area contributed by atoms with Crippen LogP contribution in [0.4, 0.5) is 4.79 Å². The molecule has 1 unspecified atom stereocenters. The van der Waals surface area contributed by atoms with Crippen molar-refractivity contribution < 1.29 is 33.2 Å². The molecule has 2 rings (SSSR count). The minimum atomic E-state index is -1.00. The molecule has 0 bridgehead atoms. The van der Waals surface area contributed by atoms with Gasteiger partial charge in [0.2, 0.25) is 0 Å². The van der Waals surface area contributed by atoms with Gasteiger partial charge in [0.15, 0.2) is 6.54 Å². The van der Waals surface area contributed by atoms with Crippen LogP contribution in [0.15, 0.2) is 4.99 Å². The molecule has 0 spiro atoms. The molecule has 11 heteroatoms. The molecule has 2 heterocycles. The van der Waals surface area contributed by atoms with E-state index >= 15 is 0 Å². The van der Waals surface area contributed by atoms with Gasteiger partial charge in [-0.3, -0.25) is 14.5 Å². The summed E-state index contributed by atoms with van der Waals surface area (Å²) in [7, 11) is 3.80. The quantitative estimate of drug-likeness (QED) is 0.338.